The van der Waals surface area contributed by atoms with E-state index in [0.717, 1.165) is 16.7 Å². The van der Waals surface area contributed by atoms with Crippen molar-refractivity contribution >= 4 is 16.9 Å². The van der Waals surface area contributed by atoms with Crippen molar-refractivity contribution in [3.05, 3.63) is 58.0 Å². The fourth-order valence-corrected chi connectivity index (χ4v) is 3.13. The van der Waals surface area contributed by atoms with Crippen LogP contribution in [-0.4, -0.2) is 41.2 Å². The van der Waals surface area contributed by atoms with Crippen molar-refractivity contribution in [2.45, 2.75) is 20.3 Å². The molecule has 9 heteroatoms. The highest BCUT2D eigenvalue weighted by Gasteiger charge is 2.16. The summed E-state index contributed by atoms with van der Waals surface area (Å²) >= 11 is 0. The highest BCUT2D eigenvalue weighted by molar-refractivity contribution is 5.90. The van der Waals surface area contributed by atoms with Gasteiger partial charge in [-0.3, -0.25) is 14.5 Å². The fraction of sp³-hybridized carbons (Fsp3) is 0.263. The Morgan fingerprint density at radius 1 is 1.18 bits per heavy atom. The van der Waals surface area contributed by atoms with Crippen molar-refractivity contribution in [3.8, 4) is 11.5 Å². The average Bonchev–Trinajstić information content (AvgIpc) is 2.96. The molecule has 0 fully saturated rings. The maximum absolute atomic E-state index is 11.6. The van der Waals surface area contributed by atoms with E-state index in [4.69, 9.17) is 0 Å². The predicted molar refractivity (Wildman–Crippen MR) is 106 cm³/mol. The zero-order valence-corrected chi connectivity index (χ0v) is 15.9. The summed E-state index contributed by atoms with van der Waals surface area (Å²) in [6, 6.07) is 7.10. The maximum Gasteiger partial charge on any atom is 0.251 e. The number of anilines is 1. The van der Waals surface area contributed by atoms with Gasteiger partial charge < -0.3 is 10.3 Å². The van der Waals surface area contributed by atoms with Crippen molar-refractivity contribution in [1.29, 1.82) is 0 Å². The van der Waals surface area contributed by atoms with E-state index in [1.807, 2.05) is 32.2 Å². The molecule has 4 heterocycles. The topological polar surface area (TPSA) is 114 Å². The number of hydrogen-bond donors (Lipinski definition) is 2. The van der Waals surface area contributed by atoms with Crippen LogP contribution in [-0.2, 0) is 13.5 Å². The van der Waals surface area contributed by atoms with Gasteiger partial charge in [0.15, 0.2) is 11.5 Å². The number of rotatable bonds is 5. The van der Waals surface area contributed by atoms with Gasteiger partial charge in [0.1, 0.15) is 17.3 Å². The summed E-state index contributed by atoms with van der Waals surface area (Å²) in [4.78, 5) is 32.4. The second-order valence-electron chi connectivity index (χ2n) is 6.53. The Bertz CT molecular complexity index is 1200. The molecule has 0 atom stereocenters. The van der Waals surface area contributed by atoms with Crippen molar-refractivity contribution < 1.29 is 0 Å². The van der Waals surface area contributed by atoms with Gasteiger partial charge in [0.2, 0.25) is 0 Å². The predicted octanol–water partition coefficient (Wildman–Crippen LogP) is 1.78. The van der Waals surface area contributed by atoms with Crippen molar-refractivity contribution in [2.75, 3.05) is 11.9 Å². The molecule has 0 radical (unpaired) electrons. The summed E-state index contributed by atoms with van der Waals surface area (Å²) in [5, 5.41) is 8.68. The monoisotopic (exact) mass is 376 g/mol. The molecule has 0 saturated heterocycles. The molecule has 0 aliphatic heterocycles. The Morgan fingerprint density at radius 3 is 2.79 bits per heavy atom. The molecule has 0 aliphatic rings. The van der Waals surface area contributed by atoms with E-state index in [1.165, 1.54) is 6.07 Å². The molecule has 4 rings (SSSR count). The maximum atomic E-state index is 11.6. The summed E-state index contributed by atoms with van der Waals surface area (Å²) in [5.41, 5.74) is 2.82. The third-order valence-electron chi connectivity index (χ3n) is 4.33. The van der Waals surface area contributed by atoms with Gasteiger partial charge >= 0.3 is 0 Å². The first kappa shape index (κ1) is 17.8. The van der Waals surface area contributed by atoms with Crippen LogP contribution < -0.4 is 10.9 Å². The Labute approximate surface area is 160 Å². The van der Waals surface area contributed by atoms with Gasteiger partial charge in [0.05, 0.1) is 11.1 Å². The van der Waals surface area contributed by atoms with E-state index in [9.17, 15) is 4.79 Å². The molecule has 9 nitrogen and oxygen atoms in total. The molecule has 142 valence electrons. The number of aryl methyl sites for hydroxylation is 3. The van der Waals surface area contributed by atoms with Gasteiger partial charge in [-0.25, -0.2) is 15.0 Å². The highest BCUT2D eigenvalue weighted by Crippen LogP contribution is 2.26. The Kier molecular flexibility index (Phi) is 4.56. The summed E-state index contributed by atoms with van der Waals surface area (Å²) in [6.07, 6.45) is 2.27. The van der Waals surface area contributed by atoms with Gasteiger partial charge in [0, 0.05) is 38.0 Å². The minimum Gasteiger partial charge on any atom is -0.369 e. The van der Waals surface area contributed by atoms with Crippen LogP contribution in [0.3, 0.4) is 0 Å². The minimum absolute atomic E-state index is 0.146. The van der Waals surface area contributed by atoms with E-state index in [1.54, 1.807) is 17.8 Å². The molecule has 4 aromatic heterocycles. The molecule has 0 saturated carbocycles. The second-order valence-corrected chi connectivity index (χ2v) is 6.53. The molecule has 4 aromatic rings. The molecular formula is C19H20N8O. The molecule has 0 aliphatic carbocycles. The third-order valence-corrected chi connectivity index (χ3v) is 4.33. The number of nitrogens with zero attached hydrogens (tertiary/aromatic N) is 6. The van der Waals surface area contributed by atoms with Crippen molar-refractivity contribution in [2.24, 2.45) is 7.05 Å². The quantitative estimate of drug-likeness (QED) is 0.545. The van der Waals surface area contributed by atoms with Crippen molar-refractivity contribution in [3.63, 3.8) is 0 Å². The highest BCUT2D eigenvalue weighted by atomic mass is 16.1. The van der Waals surface area contributed by atoms with Gasteiger partial charge in [-0.2, -0.15) is 5.10 Å². The number of H-pyrrole nitrogens is 1. The lowest BCUT2D eigenvalue weighted by Crippen LogP contribution is -2.15. The first-order valence-electron chi connectivity index (χ1n) is 8.95. The number of aromatic amines is 1. The average molecular weight is 376 g/mol. The SMILES string of the molecule is Cc1cc(=O)[nH]c(CCNc2nc(-c3ccccn3)nc3c2c(C)nn3C)n1. The molecule has 0 aromatic carbocycles. The molecule has 0 unspecified atom stereocenters. The first-order chi connectivity index (χ1) is 13.5. The Balaban J connectivity index is 1.68. The smallest absolute Gasteiger partial charge is 0.251 e. The largest absolute Gasteiger partial charge is 0.369 e. The molecule has 0 amide bonds. The molecule has 2 N–H and O–H groups in total. The summed E-state index contributed by atoms with van der Waals surface area (Å²) in [7, 11) is 1.86. The van der Waals surface area contributed by atoms with Crippen LogP contribution in [0.4, 0.5) is 5.82 Å². The lowest BCUT2D eigenvalue weighted by Gasteiger charge is -2.09. The molecule has 0 spiro atoms. The van der Waals surface area contributed by atoms with Crippen molar-refractivity contribution in [1.82, 2.24) is 34.7 Å². The summed E-state index contributed by atoms with van der Waals surface area (Å²) in [6.45, 7) is 4.28. The summed E-state index contributed by atoms with van der Waals surface area (Å²) in [5.74, 6) is 1.85. The van der Waals surface area contributed by atoms with Crippen LogP contribution in [0, 0.1) is 13.8 Å². The van der Waals surface area contributed by atoms with Gasteiger partial charge in [-0.1, -0.05) is 6.07 Å². The number of nitrogens with one attached hydrogen (secondary N) is 2. The zero-order valence-electron chi connectivity index (χ0n) is 15.9. The standard InChI is InChI=1S/C19H20N8O/c1-11-10-15(28)23-14(22-11)7-9-21-18-16-12(2)26-27(3)19(16)25-17(24-18)13-6-4-5-8-20-13/h4-6,8,10H,7,9H2,1-3H3,(H,21,24,25)(H,22,23,28). The van der Waals surface area contributed by atoms with E-state index >= 15 is 0 Å². The Hall–Kier alpha value is -3.62. The normalized spacial score (nSPS) is 11.1. The van der Waals surface area contributed by atoms with E-state index in [-0.39, 0.29) is 5.56 Å². The number of fused-ring (bicyclic) bond motifs is 1. The number of aromatic nitrogens is 7. The summed E-state index contributed by atoms with van der Waals surface area (Å²) < 4.78 is 1.74. The molecule has 0 bridgehead atoms. The van der Waals surface area contributed by atoms with Gasteiger partial charge in [-0.05, 0) is 26.0 Å². The number of hydrogen-bond acceptors (Lipinski definition) is 7. The van der Waals surface area contributed by atoms with Crippen LogP contribution in [0.5, 0.6) is 0 Å². The second kappa shape index (κ2) is 7.18. The van der Waals surface area contributed by atoms with E-state index in [0.29, 0.717) is 41.8 Å². The first-order valence-corrected chi connectivity index (χ1v) is 8.95. The van der Waals surface area contributed by atoms with Crippen LogP contribution in [0.2, 0.25) is 0 Å². The zero-order chi connectivity index (χ0) is 19.7. The van der Waals surface area contributed by atoms with Crippen LogP contribution in [0.15, 0.2) is 35.3 Å². The number of pyridine rings is 1. The van der Waals surface area contributed by atoms with E-state index in [2.05, 4.69) is 35.3 Å². The minimum atomic E-state index is -0.146. The van der Waals surface area contributed by atoms with Crippen LogP contribution in [0.1, 0.15) is 17.2 Å². The molecular weight excluding hydrogens is 356 g/mol. The van der Waals surface area contributed by atoms with E-state index < -0.39 is 0 Å². The Morgan fingerprint density at radius 2 is 2.04 bits per heavy atom. The fourth-order valence-electron chi connectivity index (χ4n) is 3.13. The van der Waals surface area contributed by atoms with Gasteiger partial charge in [-0.15, -0.1) is 0 Å². The molecule has 28 heavy (non-hydrogen) atoms. The van der Waals surface area contributed by atoms with Crippen LogP contribution in [0.25, 0.3) is 22.6 Å². The van der Waals surface area contributed by atoms with Gasteiger partial charge in [0.25, 0.3) is 5.56 Å². The lowest BCUT2D eigenvalue weighted by molar-refractivity contribution is 0.773. The third kappa shape index (κ3) is 3.46. The van der Waals surface area contributed by atoms with Crippen LogP contribution >= 0.6 is 0 Å². The lowest BCUT2D eigenvalue weighted by atomic mass is 10.2.